The highest BCUT2D eigenvalue weighted by Gasteiger charge is 2.23. The molecule has 0 aliphatic carbocycles. The Morgan fingerprint density at radius 3 is 2.75 bits per heavy atom. The second kappa shape index (κ2) is 8.39. The molecule has 1 fully saturated rings. The average molecular weight is 396 g/mol. The molecule has 1 saturated heterocycles. The monoisotopic (exact) mass is 395 g/mol. The van der Waals surface area contributed by atoms with Crippen LogP contribution in [-0.2, 0) is 13.1 Å². The van der Waals surface area contributed by atoms with E-state index in [-0.39, 0.29) is 6.10 Å². The topological polar surface area (TPSA) is 47.4 Å². The van der Waals surface area contributed by atoms with Gasteiger partial charge in [-0.1, -0.05) is 42.5 Å². The van der Waals surface area contributed by atoms with E-state index in [9.17, 15) is 5.11 Å². The predicted octanol–water partition coefficient (Wildman–Crippen LogP) is 2.30. The van der Waals surface area contributed by atoms with E-state index in [1.54, 1.807) is 0 Å². The zero-order chi connectivity index (χ0) is 19.5. The summed E-state index contributed by atoms with van der Waals surface area (Å²) in [5.74, 6) is 0.943. The van der Waals surface area contributed by atoms with Crippen molar-refractivity contribution in [2.75, 3.05) is 13.1 Å². The summed E-state index contributed by atoms with van der Waals surface area (Å²) >= 11 is 5.84. The molecule has 1 unspecified atom stereocenters. The second-order valence-corrected chi connectivity index (χ2v) is 8.06. The Hall–Kier alpha value is -2.28. The van der Waals surface area contributed by atoms with Crippen LogP contribution >= 0.6 is 12.2 Å². The minimum Gasteiger partial charge on any atom is -0.387 e. The number of aromatic nitrogens is 3. The number of aliphatic hydroxyl groups excluding tert-OH is 1. The molecule has 1 aromatic heterocycles. The van der Waals surface area contributed by atoms with E-state index in [0.717, 1.165) is 43.9 Å². The van der Waals surface area contributed by atoms with Gasteiger partial charge in [0.2, 0.25) is 4.77 Å². The molecule has 28 heavy (non-hydrogen) atoms. The van der Waals surface area contributed by atoms with Gasteiger partial charge in [-0.05, 0) is 55.2 Å². The van der Waals surface area contributed by atoms with E-state index in [1.807, 2.05) is 10.7 Å². The summed E-state index contributed by atoms with van der Waals surface area (Å²) in [6, 6.07) is 18.8. The van der Waals surface area contributed by atoms with Crippen LogP contribution in [0.3, 0.4) is 0 Å². The number of piperidine rings is 1. The van der Waals surface area contributed by atoms with Crippen molar-refractivity contribution in [2.45, 2.75) is 39.0 Å². The molecule has 2 aromatic carbocycles. The third-order valence-electron chi connectivity index (χ3n) is 5.34. The van der Waals surface area contributed by atoms with E-state index < -0.39 is 0 Å². The number of rotatable bonds is 5. The highest BCUT2D eigenvalue weighted by molar-refractivity contribution is 7.71. The van der Waals surface area contributed by atoms with Crippen LogP contribution in [0.2, 0.25) is 0 Å². The van der Waals surface area contributed by atoms with Crippen molar-refractivity contribution in [1.29, 1.82) is 0 Å². The van der Waals surface area contributed by atoms with Crippen LogP contribution in [-0.4, -0.2) is 38.6 Å². The fourth-order valence-corrected chi connectivity index (χ4v) is 4.27. The molecule has 0 bridgehead atoms. The number of hydrogen-bond acceptors (Lipinski definition) is 3. The van der Waals surface area contributed by atoms with Gasteiger partial charge in [0.05, 0.1) is 6.54 Å². The molecule has 146 valence electrons. The first kappa shape index (κ1) is 19.1. The lowest BCUT2D eigenvalue weighted by atomic mass is 10.1. The van der Waals surface area contributed by atoms with E-state index in [0.29, 0.717) is 11.4 Å². The molecule has 5 nitrogen and oxygen atoms in total. The molecule has 4 rings (SSSR count). The number of hydrogen-bond donors (Lipinski definition) is 2. The summed E-state index contributed by atoms with van der Waals surface area (Å²) in [5.41, 5.74) is 3.46. The van der Waals surface area contributed by atoms with E-state index in [2.05, 4.69) is 60.0 Å². The van der Waals surface area contributed by atoms with Crippen LogP contribution in [0, 0.1) is 11.7 Å². The van der Waals surface area contributed by atoms with Crippen LogP contribution in [0.1, 0.15) is 29.8 Å². The van der Waals surface area contributed by atoms with Gasteiger partial charge in [0.25, 0.3) is 0 Å². The normalized spacial score (nSPS) is 19.6. The number of nitrogens with zero attached hydrogens (tertiary/aromatic N) is 3. The van der Waals surface area contributed by atoms with Gasteiger partial charge in [0.1, 0.15) is 18.5 Å². The summed E-state index contributed by atoms with van der Waals surface area (Å²) < 4.78 is 4.74. The lowest BCUT2D eigenvalue weighted by Crippen LogP contribution is -3.13. The number of quaternary nitrogens is 1. The van der Waals surface area contributed by atoms with Crippen molar-refractivity contribution in [1.82, 2.24) is 14.3 Å². The van der Waals surface area contributed by atoms with Gasteiger partial charge in [-0.25, -0.2) is 0 Å². The third kappa shape index (κ3) is 4.24. The molecule has 1 aliphatic rings. The van der Waals surface area contributed by atoms with E-state index in [1.165, 1.54) is 16.0 Å². The summed E-state index contributed by atoms with van der Waals surface area (Å²) in [7, 11) is 0. The lowest BCUT2D eigenvalue weighted by molar-refractivity contribution is -0.931. The van der Waals surface area contributed by atoms with Gasteiger partial charge >= 0.3 is 0 Å². The molecular weight excluding hydrogens is 368 g/mol. The Labute approximate surface area is 170 Å². The van der Waals surface area contributed by atoms with Crippen LogP contribution in [0.5, 0.6) is 0 Å². The average Bonchev–Trinajstić information content (AvgIpc) is 2.97. The van der Waals surface area contributed by atoms with Gasteiger partial charge in [-0.2, -0.15) is 9.78 Å². The predicted molar refractivity (Wildman–Crippen MR) is 112 cm³/mol. The van der Waals surface area contributed by atoms with Gasteiger partial charge in [0, 0.05) is 12.1 Å². The van der Waals surface area contributed by atoms with E-state index in [4.69, 9.17) is 17.3 Å². The highest BCUT2D eigenvalue weighted by Crippen LogP contribution is 2.17. The molecule has 6 heteroatoms. The summed E-state index contributed by atoms with van der Waals surface area (Å²) in [6.45, 7) is 4.58. The third-order valence-corrected chi connectivity index (χ3v) is 5.73. The first-order chi connectivity index (χ1) is 13.6. The number of aliphatic hydroxyl groups is 1. The first-order valence-corrected chi connectivity index (χ1v) is 10.3. The molecule has 2 heterocycles. The first-order valence-electron chi connectivity index (χ1n) is 9.91. The van der Waals surface area contributed by atoms with E-state index >= 15 is 0 Å². The molecule has 2 N–H and O–H groups in total. The van der Waals surface area contributed by atoms with Crippen molar-refractivity contribution in [3.8, 4) is 5.69 Å². The maximum atomic E-state index is 10.0. The maximum Gasteiger partial charge on any atom is 0.207 e. The SMILES string of the molecule is Cc1cccc(-n2c(Cc3ccccc3)nn(C[NH+]3CCC[C@H](O)C3)c2=S)c1. The van der Waals surface area contributed by atoms with Gasteiger partial charge in [0.15, 0.2) is 6.67 Å². The van der Waals surface area contributed by atoms with Gasteiger partial charge < -0.3 is 10.0 Å². The maximum absolute atomic E-state index is 10.0. The molecule has 0 radical (unpaired) electrons. The minimum absolute atomic E-state index is 0.222. The number of aryl methyl sites for hydroxylation is 1. The quantitative estimate of drug-likeness (QED) is 0.652. The Balaban J connectivity index is 1.71. The van der Waals surface area contributed by atoms with Crippen molar-refractivity contribution in [3.63, 3.8) is 0 Å². The summed E-state index contributed by atoms with van der Waals surface area (Å²) in [4.78, 5) is 1.33. The van der Waals surface area contributed by atoms with Gasteiger partial charge in [-0.15, -0.1) is 0 Å². The fraction of sp³-hybridized carbons (Fsp3) is 0.364. The summed E-state index contributed by atoms with van der Waals surface area (Å²) in [6.07, 6.45) is 2.44. The minimum atomic E-state index is -0.222. The smallest absolute Gasteiger partial charge is 0.207 e. The van der Waals surface area contributed by atoms with Crippen LogP contribution in [0.25, 0.3) is 5.69 Å². The number of likely N-dealkylation sites (tertiary alicyclic amines) is 1. The van der Waals surface area contributed by atoms with Crippen molar-refractivity contribution >= 4 is 12.2 Å². The standard InChI is InChI=1S/C22H26N4OS/c1-17-7-5-10-19(13-17)26-21(14-18-8-3-2-4-9-18)23-25(22(26)28)16-24-12-6-11-20(27)15-24/h2-5,7-10,13,20,27H,6,11-12,14-16H2,1H3/p+1/t20-/m0/s1. The molecule has 1 aliphatic heterocycles. The molecule has 0 spiro atoms. The van der Waals surface area contributed by atoms with Crippen molar-refractivity contribution in [3.05, 3.63) is 76.3 Å². The molecule has 0 saturated carbocycles. The second-order valence-electron chi connectivity index (χ2n) is 7.69. The Kier molecular flexibility index (Phi) is 5.71. The largest absolute Gasteiger partial charge is 0.387 e. The summed E-state index contributed by atoms with van der Waals surface area (Å²) in [5, 5.41) is 14.9. The molecule has 0 amide bonds. The van der Waals surface area contributed by atoms with Crippen molar-refractivity contribution < 1.29 is 10.0 Å². The molecular formula is C22H27N4OS+. The van der Waals surface area contributed by atoms with Gasteiger partial charge in [-0.3, -0.25) is 4.57 Å². The Bertz CT molecular complexity index is 995. The molecule has 3 aromatic rings. The number of benzene rings is 2. The zero-order valence-corrected chi connectivity index (χ0v) is 17.0. The van der Waals surface area contributed by atoms with Crippen LogP contribution in [0.4, 0.5) is 0 Å². The number of nitrogens with one attached hydrogen (secondary N) is 1. The Morgan fingerprint density at radius 1 is 1.18 bits per heavy atom. The zero-order valence-electron chi connectivity index (χ0n) is 16.2. The Morgan fingerprint density at radius 2 is 2.00 bits per heavy atom. The van der Waals surface area contributed by atoms with Crippen LogP contribution in [0.15, 0.2) is 54.6 Å². The fourth-order valence-electron chi connectivity index (χ4n) is 3.96. The lowest BCUT2D eigenvalue weighted by Gasteiger charge is -2.26. The van der Waals surface area contributed by atoms with Crippen molar-refractivity contribution in [2.24, 2.45) is 0 Å². The van der Waals surface area contributed by atoms with Crippen LogP contribution < -0.4 is 4.90 Å². The molecule has 2 atom stereocenters. The highest BCUT2D eigenvalue weighted by atomic mass is 32.1.